The summed E-state index contributed by atoms with van der Waals surface area (Å²) in [5.74, 6) is 0.598. The molecule has 1 saturated heterocycles. The molecule has 3 aromatic rings. The zero-order valence-corrected chi connectivity index (χ0v) is 14.9. The molecule has 1 aliphatic heterocycles. The first-order chi connectivity index (χ1) is 12.7. The molecule has 0 spiro atoms. The maximum atomic E-state index is 12.6. The minimum Gasteiger partial charge on any atom is -0.309 e. The molecule has 1 aromatic carbocycles. The summed E-state index contributed by atoms with van der Waals surface area (Å²) in [6, 6.07) is 7.97. The Morgan fingerprint density at radius 2 is 1.96 bits per heavy atom. The fourth-order valence-electron chi connectivity index (χ4n) is 3.50. The topological polar surface area (TPSA) is 73.9 Å². The van der Waals surface area contributed by atoms with Gasteiger partial charge in [-0.2, -0.15) is 5.10 Å². The lowest BCUT2D eigenvalue weighted by Crippen LogP contribution is -2.44. The predicted molar refractivity (Wildman–Crippen MR) is 103 cm³/mol. The number of aromatic amines is 1. The molecule has 1 atom stereocenters. The number of likely N-dealkylation sites (tertiary alicyclic amines) is 1. The van der Waals surface area contributed by atoms with Gasteiger partial charge in [0, 0.05) is 23.3 Å². The van der Waals surface area contributed by atoms with Gasteiger partial charge in [-0.3, -0.25) is 14.8 Å². The van der Waals surface area contributed by atoms with E-state index in [0.29, 0.717) is 5.82 Å². The zero-order chi connectivity index (χ0) is 17.9. The highest BCUT2D eigenvalue weighted by molar-refractivity contribution is 5.96. The van der Waals surface area contributed by atoms with Crippen molar-refractivity contribution in [3.63, 3.8) is 0 Å². The van der Waals surface area contributed by atoms with E-state index in [1.807, 2.05) is 31.3 Å². The van der Waals surface area contributed by atoms with Crippen LogP contribution in [0.25, 0.3) is 21.9 Å². The number of carbonyl (C=O) groups is 1. The molecule has 1 aliphatic rings. The van der Waals surface area contributed by atoms with Crippen molar-refractivity contribution in [2.75, 3.05) is 18.4 Å². The van der Waals surface area contributed by atoms with Gasteiger partial charge >= 0.3 is 0 Å². The third-order valence-corrected chi connectivity index (χ3v) is 5.12. The van der Waals surface area contributed by atoms with Gasteiger partial charge < -0.3 is 5.32 Å². The van der Waals surface area contributed by atoms with Crippen molar-refractivity contribution in [3.05, 3.63) is 42.9 Å². The van der Waals surface area contributed by atoms with E-state index in [9.17, 15) is 4.79 Å². The Morgan fingerprint density at radius 1 is 1.12 bits per heavy atom. The van der Waals surface area contributed by atoms with Crippen LogP contribution in [0.5, 0.6) is 0 Å². The van der Waals surface area contributed by atoms with Crippen LogP contribution in [-0.2, 0) is 4.79 Å². The van der Waals surface area contributed by atoms with Crippen LogP contribution < -0.4 is 5.32 Å². The van der Waals surface area contributed by atoms with E-state index in [2.05, 4.69) is 31.5 Å². The summed E-state index contributed by atoms with van der Waals surface area (Å²) >= 11 is 0. The quantitative estimate of drug-likeness (QED) is 0.757. The number of piperidine rings is 1. The van der Waals surface area contributed by atoms with Crippen LogP contribution in [0, 0.1) is 0 Å². The number of H-pyrrole nitrogens is 1. The molecule has 0 radical (unpaired) electrons. The number of nitrogens with one attached hydrogen (secondary N) is 2. The Morgan fingerprint density at radius 3 is 2.73 bits per heavy atom. The number of fused-ring (bicyclic) bond motifs is 1. The van der Waals surface area contributed by atoms with Gasteiger partial charge in [0.2, 0.25) is 5.91 Å². The molecule has 0 bridgehead atoms. The Balaban J connectivity index is 1.53. The Labute approximate surface area is 152 Å². The van der Waals surface area contributed by atoms with Gasteiger partial charge in [0.25, 0.3) is 0 Å². The van der Waals surface area contributed by atoms with Gasteiger partial charge in [0.1, 0.15) is 5.82 Å². The number of anilines is 1. The minimum atomic E-state index is -0.134. The summed E-state index contributed by atoms with van der Waals surface area (Å²) in [5.41, 5.74) is 2.12. The highest BCUT2D eigenvalue weighted by Crippen LogP contribution is 2.25. The standard InChI is InChI=1S/C20H23N5O/c1-14(25-7-3-2-4-8-25)20(26)24-19-10-17-9-15(18-12-22-23-13-18)5-6-16(17)11-21-19/h5-6,9-14H,2-4,7-8H2,1H3,(H,22,23)(H,21,24,26). The summed E-state index contributed by atoms with van der Waals surface area (Å²) in [5, 5.41) is 11.9. The fourth-order valence-corrected chi connectivity index (χ4v) is 3.50. The first-order valence-electron chi connectivity index (χ1n) is 9.14. The first-order valence-corrected chi connectivity index (χ1v) is 9.14. The van der Waals surface area contributed by atoms with E-state index in [0.717, 1.165) is 35.0 Å². The molecule has 0 aliphatic carbocycles. The molecular weight excluding hydrogens is 326 g/mol. The van der Waals surface area contributed by atoms with Gasteiger partial charge in [0.05, 0.1) is 12.2 Å². The maximum absolute atomic E-state index is 12.6. The van der Waals surface area contributed by atoms with Crippen LogP contribution in [0.1, 0.15) is 26.2 Å². The molecule has 26 heavy (non-hydrogen) atoms. The van der Waals surface area contributed by atoms with Crippen molar-refractivity contribution in [2.24, 2.45) is 0 Å². The monoisotopic (exact) mass is 349 g/mol. The predicted octanol–water partition coefficient (Wildman–Crippen LogP) is 3.44. The van der Waals surface area contributed by atoms with E-state index in [-0.39, 0.29) is 11.9 Å². The molecule has 4 rings (SSSR count). The van der Waals surface area contributed by atoms with Crippen molar-refractivity contribution >= 4 is 22.5 Å². The number of benzene rings is 1. The van der Waals surface area contributed by atoms with Crippen molar-refractivity contribution in [3.8, 4) is 11.1 Å². The van der Waals surface area contributed by atoms with Crippen molar-refractivity contribution < 1.29 is 4.79 Å². The third kappa shape index (κ3) is 3.46. The van der Waals surface area contributed by atoms with Crippen molar-refractivity contribution in [1.29, 1.82) is 0 Å². The molecule has 134 valence electrons. The highest BCUT2D eigenvalue weighted by atomic mass is 16.2. The number of aromatic nitrogens is 3. The molecule has 2 N–H and O–H groups in total. The number of nitrogens with zero attached hydrogens (tertiary/aromatic N) is 3. The van der Waals surface area contributed by atoms with Gasteiger partial charge in [0.15, 0.2) is 0 Å². The number of carbonyl (C=O) groups excluding carboxylic acids is 1. The maximum Gasteiger partial charge on any atom is 0.242 e. The van der Waals surface area contributed by atoms with Gasteiger partial charge in [-0.1, -0.05) is 18.6 Å². The second-order valence-corrected chi connectivity index (χ2v) is 6.88. The Bertz CT molecular complexity index is 900. The minimum absolute atomic E-state index is 0.00439. The molecule has 1 unspecified atom stereocenters. The highest BCUT2D eigenvalue weighted by Gasteiger charge is 2.23. The molecule has 6 nitrogen and oxygen atoms in total. The summed E-state index contributed by atoms with van der Waals surface area (Å²) in [6.45, 7) is 3.96. The normalized spacial score (nSPS) is 16.5. The zero-order valence-electron chi connectivity index (χ0n) is 14.9. The number of hydrogen-bond acceptors (Lipinski definition) is 4. The average Bonchev–Trinajstić information content (AvgIpc) is 3.22. The molecule has 1 fully saturated rings. The lowest BCUT2D eigenvalue weighted by Gasteiger charge is -2.31. The number of rotatable bonds is 4. The van der Waals surface area contributed by atoms with Gasteiger partial charge in [-0.05, 0) is 55.9 Å². The molecular formula is C20H23N5O. The summed E-state index contributed by atoms with van der Waals surface area (Å²) in [6.07, 6.45) is 9.06. The van der Waals surface area contributed by atoms with E-state index in [4.69, 9.17) is 0 Å². The number of amides is 1. The third-order valence-electron chi connectivity index (χ3n) is 5.12. The first kappa shape index (κ1) is 16.7. The van der Waals surface area contributed by atoms with Crippen LogP contribution in [-0.4, -0.2) is 45.1 Å². The van der Waals surface area contributed by atoms with Crippen molar-refractivity contribution in [1.82, 2.24) is 20.1 Å². The van der Waals surface area contributed by atoms with Crippen molar-refractivity contribution in [2.45, 2.75) is 32.2 Å². The Kier molecular flexibility index (Phi) is 4.67. The second-order valence-electron chi connectivity index (χ2n) is 6.88. The molecule has 0 saturated carbocycles. The van der Waals surface area contributed by atoms with Crippen LogP contribution in [0.3, 0.4) is 0 Å². The molecule has 6 heteroatoms. The fraction of sp³-hybridized carbons (Fsp3) is 0.350. The second kappa shape index (κ2) is 7.25. The molecule has 3 heterocycles. The van der Waals surface area contributed by atoms with E-state index < -0.39 is 0 Å². The number of hydrogen-bond donors (Lipinski definition) is 2. The summed E-state index contributed by atoms with van der Waals surface area (Å²) in [7, 11) is 0. The van der Waals surface area contributed by atoms with Gasteiger partial charge in [-0.25, -0.2) is 4.98 Å². The number of pyridine rings is 1. The lowest BCUT2D eigenvalue weighted by atomic mass is 10.1. The van der Waals surface area contributed by atoms with Gasteiger partial charge in [-0.15, -0.1) is 0 Å². The van der Waals surface area contributed by atoms with Crippen LogP contribution in [0.15, 0.2) is 42.9 Å². The summed E-state index contributed by atoms with van der Waals surface area (Å²) in [4.78, 5) is 19.2. The van der Waals surface area contributed by atoms with Crippen LogP contribution in [0.2, 0.25) is 0 Å². The van der Waals surface area contributed by atoms with Crippen LogP contribution in [0.4, 0.5) is 5.82 Å². The van der Waals surface area contributed by atoms with E-state index in [1.165, 1.54) is 19.3 Å². The van der Waals surface area contributed by atoms with E-state index in [1.54, 1.807) is 12.4 Å². The average molecular weight is 349 g/mol. The summed E-state index contributed by atoms with van der Waals surface area (Å²) < 4.78 is 0. The molecule has 2 aromatic heterocycles. The smallest absolute Gasteiger partial charge is 0.242 e. The molecule has 1 amide bonds. The lowest BCUT2D eigenvalue weighted by molar-refractivity contribution is -0.121. The Hall–Kier alpha value is -2.73. The largest absolute Gasteiger partial charge is 0.309 e. The van der Waals surface area contributed by atoms with Crippen LogP contribution >= 0.6 is 0 Å². The van der Waals surface area contributed by atoms with E-state index >= 15 is 0 Å². The SMILES string of the molecule is CC(C(=O)Nc1cc2cc(-c3cn[nH]c3)ccc2cn1)N1CCCCC1.